The highest BCUT2D eigenvalue weighted by Crippen LogP contribution is 2.39. The van der Waals surface area contributed by atoms with Crippen LogP contribution in [-0.2, 0) is 19.5 Å². The fourth-order valence-corrected chi connectivity index (χ4v) is 2.88. The molecular weight excluding hydrogens is 403 g/mol. The number of rotatable bonds is 7. The summed E-state index contributed by atoms with van der Waals surface area (Å²) in [6.45, 7) is 4.22. The minimum Gasteiger partial charge on any atom is -0.447 e. The second-order valence-corrected chi connectivity index (χ2v) is 7.41. The van der Waals surface area contributed by atoms with E-state index in [2.05, 4.69) is 4.98 Å². The smallest absolute Gasteiger partial charge is 0.327 e. The number of hydrogen-bond acceptors (Lipinski definition) is 5. The molecule has 0 N–H and O–H groups in total. The van der Waals surface area contributed by atoms with Crippen LogP contribution in [0.25, 0.3) is 0 Å². The van der Waals surface area contributed by atoms with Crippen LogP contribution in [0, 0.1) is 5.41 Å². The zero-order valence-electron chi connectivity index (χ0n) is 14.3. The zero-order valence-corrected chi connectivity index (χ0v) is 16.5. The summed E-state index contributed by atoms with van der Waals surface area (Å²) >= 11 is 18.6. The van der Waals surface area contributed by atoms with E-state index in [1.54, 1.807) is 24.3 Å². The number of Topliss-reactive ketones (excluding diaryl/α,β-unsaturated/α-hetero) is 1. The molecular formula is C17H17Cl3N2O4. The molecule has 2 aromatic rings. The predicted octanol–water partition coefficient (Wildman–Crippen LogP) is 4.19. The number of ketones is 1. The van der Waals surface area contributed by atoms with Gasteiger partial charge in [0.15, 0.2) is 5.56 Å². The standard InChI is InChI=1S/C17H17Cl3N2O4/c1-11(23)25-15(19)16(2,3)14(24)17(20,22-9-8-21-10-22)26-13-6-4-12(18)5-7-13/h4-10,15H,1-3H3. The largest absolute Gasteiger partial charge is 0.447 e. The van der Waals surface area contributed by atoms with Crippen LogP contribution in [0.4, 0.5) is 0 Å². The Morgan fingerprint density at radius 3 is 2.35 bits per heavy atom. The van der Waals surface area contributed by atoms with Gasteiger partial charge in [-0.15, -0.1) is 0 Å². The lowest BCUT2D eigenvalue weighted by atomic mass is 9.87. The van der Waals surface area contributed by atoms with Crippen molar-refractivity contribution in [1.82, 2.24) is 9.55 Å². The molecule has 0 aliphatic carbocycles. The Kier molecular flexibility index (Phi) is 6.21. The number of carbonyl (C=O) groups is 2. The Morgan fingerprint density at radius 2 is 1.85 bits per heavy atom. The quantitative estimate of drug-likeness (QED) is 0.497. The normalized spacial score (nSPS) is 15.0. The van der Waals surface area contributed by atoms with Crippen LogP contribution in [0.3, 0.4) is 0 Å². The summed E-state index contributed by atoms with van der Waals surface area (Å²) in [5.74, 6) is -0.936. The van der Waals surface area contributed by atoms with Gasteiger partial charge in [-0.25, -0.2) is 4.98 Å². The minimum absolute atomic E-state index is 0.306. The van der Waals surface area contributed by atoms with E-state index in [9.17, 15) is 9.59 Å². The van der Waals surface area contributed by atoms with Gasteiger partial charge in [0, 0.05) is 24.3 Å². The minimum atomic E-state index is -2.00. The van der Waals surface area contributed by atoms with Crippen molar-refractivity contribution >= 4 is 46.6 Å². The number of nitrogens with zero attached hydrogens (tertiary/aromatic N) is 2. The third kappa shape index (κ3) is 4.31. The molecule has 0 saturated heterocycles. The summed E-state index contributed by atoms with van der Waals surface area (Å²) in [6, 6.07) is 6.34. The Bertz CT molecular complexity index is 778. The lowest BCUT2D eigenvalue weighted by molar-refractivity contribution is -0.156. The first kappa shape index (κ1) is 20.6. The summed E-state index contributed by atoms with van der Waals surface area (Å²) in [6.07, 6.45) is 4.27. The molecule has 0 bridgehead atoms. The molecule has 2 rings (SSSR count). The van der Waals surface area contributed by atoms with Crippen LogP contribution in [0.1, 0.15) is 20.8 Å². The van der Waals surface area contributed by atoms with E-state index in [-0.39, 0.29) is 0 Å². The number of benzene rings is 1. The maximum atomic E-state index is 13.3. The Labute approximate surface area is 166 Å². The summed E-state index contributed by atoms with van der Waals surface area (Å²) < 4.78 is 12.0. The molecule has 140 valence electrons. The number of carbonyl (C=O) groups excluding carboxylic acids is 2. The molecule has 6 nitrogen and oxygen atoms in total. The van der Waals surface area contributed by atoms with Crippen LogP contribution < -0.4 is 4.74 Å². The number of aromatic nitrogens is 2. The van der Waals surface area contributed by atoms with Gasteiger partial charge in [0.05, 0.1) is 11.7 Å². The van der Waals surface area contributed by atoms with Crippen LogP contribution in [0.5, 0.6) is 5.75 Å². The summed E-state index contributed by atoms with van der Waals surface area (Å²) in [4.78, 5) is 28.4. The number of hydrogen-bond donors (Lipinski definition) is 0. The highest BCUT2D eigenvalue weighted by Gasteiger charge is 2.52. The van der Waals surface area contributed by atoms with Gasteiger partial charge >= 0.3 is 11.2 Å². The van der Waals surface area contributed by atoms with Crippen molar-refractivity contribution < 1.29 is 19.1 Å². The second kappa shape index (κ2) is 7.86. The fourth-order valence-electron chi connectivity index (χ4n) is 2.10. The van der Waals surface area contributed by atoms with Crippen LogP contribution >= 0.6 is 34.8 Å². The molecule has 0 aliphatic rings. The molecule has 0 saturated carbocycles. The molecule has 0 fully saturated rings. The number of esters is 1. The molecule has 0 radical (unpaired) electrons. The maximum absolute atomic E-state index is 13.3. The van der Waals surface area contributed by atoms with Crippen molar-refractivity contribution in [2.24, 2.45) is 5.41 Å². The first-order valence-corrected chi connectivity index (χ1v) is 8.74. The van der Waals surface area contributed by atoms with E-state index < -0.39 is 27.9 Å². The van der Waals surface area contributed by atoms with Crippen molar-refractivity contribution in [3.05, 3.63) is 48.0 Å². The third-order valence-electron chi connectivity index (χ3n) is 3.61. The highest BCUT2D eigenvalue weighted by molar-refractivity contribution is 6.34. The lowest BCUT2D eigenvalue weighted by Gasteiger charge is -2.36. The Hall–Kier alpha value is -1.76. The molecule has 0 aliphatic heterocycles. The average molecular weight is 420 g/mol. The van der Waals surface area contributed by atoms with Gasteiger partial charge in [-0.05, 0) is 49.7 Å². The van der Waals surface area contributed by atoms with Gasteiger partial charge in [0.2, 0.25) is 5.78 Å². The first-order valence-electron chi connectivity index (χ1n) is 7.55. The van der Waals surface area contributed by atoms with E-state index in [0.717, 1.165) is 0 Å². The summed E-state index contributed by atoms with van der Waals surface area (Å²) in [5, 5.41) is -1.50. The summed E-state index contributed by atoms with van der Waals surface area (Å²) in [5.41, 5.74) is -2.62. The van der Waals surface area contributed by atoms with Crippen LogP contribution in [0.2, 0.25) is 5.02 Å². The fraction of sp³-hybridized carbons (Fsp3) is 0.353. The lowest BCUT2D eigenvalue weighted by Crippen LogP contribution is -2.51. The maximum Gasteiger partial charge on any atom is 0.327 e. The van der Waals surface area contributed by atoms with Crippen molar-refractivity contribution in [2.45, 2.75) is 31.5 Å². The van der Waals surface area contributed by atoms with E-state index in [4.69, 9.17) is 44.3 Å². The average Bonchev–Trinajstić information content (AvgIpc) is 3.10. The molecule has 2 unspecified atom stereocenters. The molecule has 0 amide bonds. The number of ether oxygens (including phenoxy) is 2. The number of imidazole rings is 1. The van der Waals surface area contributed by atoms with E-state index in [0.29, 0.717) is 10.8 Å². The van der Waals surface area contributed by atoms with Gasteiger partial charge < -0.3 is 9.47 Å². The zero-order chi connectivity index (χ0) is 19.5. The SMILES string of the molecule is CC(=O)OC(Cl)C(C)(C)C(=O)C(Cl)(Oc1ccc(Cl)cc1)n1ccnc1. The first-order chi connectivity index (χ1) is 12.1. The van der Waals surface area contributed by atoms with Crippen LogP contribution in [-0.4, -0.2) is 26.9 Å². The molecule has 9 heteroatoms. The van der Waals surface area contributed by atoms with Gasteiger partial charge in [0.25, 0.3) is 0 Å². The second-order valence-electron chi connectivity index (χ2n) is 6.06. The molecule has 1 aromatic heterocycles. The Morgan fingerprint density at radius 1 is 1.23 bits per heavy atom. The molecule has 1 aromatic carbocycles. The molecule has 2 atom stereocenters. The molecule has 26 heavy (non-hydrogen) atoms. The van der Waals surface area contributed by atoms with Crippen molar-refractivity contribution in [3.8, 4) is 5.75 Å². The van der Waals surface area contributed by atoms with E-state index in [1.165, 1.54) is 44.1 Å². The number of halogens is 3. The van der Waals surface area contributed by atoms with Crippen LogP contribution in [0.15, 0.2) is 43.0 Å². The van der Waals surface area contributed by atoms with E-state index in [1.807, 2.05) is 0 Å². The summed E-state index contributed by atoms with van der Waals surface area (Å²) in [7, 11) is 0. The topological polar surface area (TPSA) is 70.4 Å². The van der Waals surface area contributed by atoms with Gasteiger partial charge in [-0.2, -0.15) is 0 Å². The van der Waals surface area contributed by atoms with Gasteiger partial charge in [-0.3, -0.25) is 14.2 Å². The number of alkyl halides is 2. The van der Waals surface area contributed by atoms with Gasteiger partial charge in [0.1, 0.15) is 5.75 Å². The highest BCUT2D eigenvalue weighted by atomic mass is 35.5. The third-order valence-corrected chi connectivity index (χ3v) is 4.94. The monoisotopic (exact) mass is 418 g/mol. The van der Waals surface area contributed by atoms with Crippen molar-refractivity contribution in [2.75, 3.05) is 0 Å². The van der Waals surface area contributed by atoms with Crippen molar-refractivity contribution in [1.29, 1.82) is 0 Å². The van der Waals surface area contributed by atoms with E-state index >= 15 is 0 Å². The van der Waals surface area contributed by atoms with Gasteiger partial charge in [-0.1, -0.05) is 23.2 Å². The predicted molar refractivity (Wildman–Crippen MR) is 98.3 cm³/mol. The Balaban J connectivity index is 2.42. The molecule has 0 spiro atoms. The molecule has 1 heterocycles. The van der Waals surface area contributed by atoms with Crippen molar-refractivity contribution in [3.63, 3.8) is 0 Å².